The van der Waals surface area contributed by atoms with Crippen molar-refractivity contribution in [3.63, 3.8) is 0 Å². The summed E-state index contributed by atoms with van der Waals surface area (Å²) in [5.74, 6) is 0.138. The highest BCUT2D eigenvalue weighted by molar-refractivity contribution is 5.71. The van der Waals surface area contributed by atoms with Crippen LogP contribution in [0.4, 0.5) is 4.39 Å². The van der Waals surface area contributed by atoms with Crippen molar-refractivity contribution in [3.8, 4) is 11.5 Å². The van der Waals surface area contributed by atoms with Gasteiger partial charge in [-0.25, -0.2) is 4.39 Å². The van der Waals surface area contributed by atoms with E-state index in [0.717, 1.165) is 18.4 Å². The average Bonchev–Trinajstić information content (AvgIpc) is 3.16. The second-order valence-corrected chi connectivity index (χ2v) is 4.85. The van der Waals surface area contributed by atoms with Crippen molar-refractivity contribution in [1.29, 1.82) is 0 Å². The van der Waals surface area contributed by atoms with Crippen molar-refractivity contribution >= 4 is 5.97 Å². The molecule has 0 spiro atoms. The van der Waals surface area contributed by atoms with E-state index in [1.807, 2.05) is 0 Å². The van der Waals surface area contributed by atoms with E-state index in [-0.39, 0.29) is 6.42 Å². The van der Waals surface area contributed by atoms with Crippen LogP contribution >= 0.6 is 0 Å². The topological polar surface area (TPSA) is 55.8 Å². The largest absolute Gasteiger partial charge is 0.496 e. The number of carboxylic acids is 1. The molecule has 19 heavy (non-hydrogen) atoms. The molecule has 1 aliphatic rings. The van der Waals surface area contributed by atoms with E-state index in [1.54, 1.807) is 12.1 Å². The van der Waals surface area contributed by atoms with E-state index < -0.39 is 18.1 Å². The maximum Gasteiger partial charge on any atom is 0.304 e. The Labute approximate surface area is 111 Å². The molecule has 1 N–H and O–H groups in total. The highest BCUT2D eigenvalue weighted by Gasteiger charge is 2.48. The van der Waals surface area contributed by atoms with Crippen LogP contribution in [-0.4, -0.2) is 25.3 Å². The number of alkyl halides is 1. The van der Waals surface area contributed by atoms with Crippen molar-refractivity contribution < 1.29 is 23.8 Å². The van der Waals surface area contributed by atoms with E-state index in [9.17, 15) is 9.18 Å². The molecule has 0 unspecified atom stereocenters. The van der Waals surface area contributed by atoms with Crippen molar-refractivity contribution in [3.05, 3.63) is 23.3 Å². The highest BCUT2D eigenvalue weighted by Crippen LogP contribution is 2.54. The van der Waals surface area contributed by atoms with Crippen LogP contribution < -0.4 is 9.47 Å². The smallest absolute Gasteiger partial charge is 0.304 e. The van der Waals surface area contributed by atoms with Crippen LogP contribution in [0.25, 0.3) is 0 Å². The third-order valence-electron chi connectivity index (χ3n) is 3.66. The number of ether oxygens (including phenoxy) is 2. The van der Waals surface area contributed by atoms with E-state index in [4.69, 9.17) is 14.6 Å². The van der Waals surface area contributed by atoms with E-state index in [0.29, 0.717) is 17.1 Å². The molecule has 0 saturated heterocycles. The molecule has 1 saturated carbocycles. The predicted molar refractivity (Wildman–Crippen MR) is 67.5 cm³/mol. The van der Waals surface area contributed by atoms with Gasteiger partial charge in [0.2, 0.25) is 0 Å². The number of carbonyl (C=O) groups is 1. The van der Waals surface area contributed by atoms with Crippen LogP contribution in [0.5, 0.6) is 11.5 Å². The Balaban J connectivity index is 2.47. The van der Waals surface area contributed by atoms with E-state index in [2.05, 4.69) is 0 Å². The third-order valence-corrected chi connectivity index (χ3v) is 3.66. The molecule has 5 heteroatoms. The zero-order valence-corrected chi connectivity index (χ0v) is 11.0. The summed E-state index contributed by atoms with van der Waals surface area (Å²) in [5, 5.41) is 9.00. The molecule has 0 aromatic heterocycles. The van der Waals surface area contributed by atoms with Crippen molar-refractivity contribution in [1.82, 2.24) is 0 Å². The SMILES string of the molecule is COc1cc(OC)c(C2(CC(=O)O)CC2)cc1CF. The van der Waals surface area contributed by atoms with Crippen LogP contribution in [0.1, 0.15) is 30.4 Å². The lowest BCUT2D eigenvalue weighted by molar-refractivity contribution is -0.137. The summed E-state index contributed by atoms with van der Waals surface area (Å²) in [6.45, 7) is -0.649. The first-order valence-electron chi connectivity index (χ1n) is 6.09. The number of carboxylic acid groups (broad SMARTS) is 1. The van der Waals surface area contributed by atoms with Crippen LogP contribution in [-0.2, 0) is 16.9 Å². The number of rotatable bonds is 6. The average molecular weight is 268 g/mol. The number of halogens is 1. The molecule has 0 bridgehead atoms. The first kappa shape index (κ1) is 13.6. The molecule has 104 valence electrons. The number of aliphatic carboxylic acids is 1. The van der Waals surface area contributed by atoms with Gasteiger partial charge in [0.1, 0.15) is 18.2 Å². The van der Waals surface area contributed by atoms with Gasteiger partial charge >= 0.3 is 5.97 Å². The van der Waals surface area contributed by atoms with Gasteiger partial charge in [-0.15, -0.1) is 0 Å². The quantitative estimate of drug-likeness (QED) is 0.861. The minimum absolute atomic E-state index is 0.0431. The summed E-state index contributed by atoms with van der Waals surface area (Å²) in [6.07, 6.45) is 1.61. The van der Waals surface area contributed by atoms with E-state index >= 15 is 0 Å². The number of hydrogen-bond donors (Lipinski definition) is 1. The van der Waals surface area contributed by atoms with Crippen LogP contribution in [0.2, 0.25) is 0 Å². The van der Waals surface area contributed by atoms with E-state index in [1.165, 1.54) is 14.2 Å². The van der Waals surface area contributed by atoms with Crippen molar-refractivity contribution in [2.24, 2.45) is 0 Å². The standard InChI is InChI=1S/C14H17FO4/c1-18-11-6-12(19-2)10(5-9(11)8-15)14(3-4-14)7-13(16)17/h5-6H,3-4,7-8H2,1-2H3,(H,16,17). The Kier molecular flexibility index (Phi) is 3.64. The summed E-state index contributed by atoms with van der Waals surface area (Å²) < 4.78 is 23.4. The van der Waals surface area contributed by atoms with Gasteiger partial charge < -0.3 is 14.6 Å². The Morgan fingerprint density at radius 1 is 1.32 bits per heavy atom. The van der Waals surface area contributed by atoms with Gasteiger partial charge in [0.15, 0.2) is 0 Å². The summed E-state index contributed by atoms with van der Waals surface area (Å²) in [6, 6.07) is 3.31. The second kappa shape index (κ2) is 5.07. The molecular formula is C14H17FO4. The van der Waals surface area contributed by atoms with Gasteiger partial charge in [0, 0.05) is 22.6 Å². The zero-order chi connectivity index (χ0) is 14.0. The number of benzene rings is 1. The monoisotopic (exact) mass is 268 g/mol. The number of hydrogen-bond acceptors (Lipinski definition) is 3. The van der Waals surface area contributed by atoms with Crippen LogP contribution in [0.3, 0.4) is 0 Å². The Morgan fingerprint density at radius 3 is 2.37 bits per heavy atom. The lowest BCUT2D eigenvalue weighted by Crippen LogP contribution is -2.14. The molecule has 1 aliphatic carbocycles. The number of methoxy groups -OCH3 is 2. The van der Waals surface area contributed by atoms with Gasteiger partial charge in [-0.05, 0) is 18.9 Å². The van der Waals surface area contributed by atoms with Crippen molar-refractivity contribution in [2.75, 3.05) is 14.2 Å². The maximum absolute atomic E-state index is 13.0. The van der Waals surface area contributed by atoms with Crippen LogP contribution in [0.15, 0.2) is 12.1 Å². The van der Waals surface area contributed by atoms with Gasteiger partial charge in [-0.1, -0.05) is 0 Å². The molecule has 0 amide bonds. The lowest BCUT2D eigenvalue weighted by Gasteiger charge is -2.19. The molecule has 0 aliphatic heterocycles. The Morgan fingerprint density at radius 2 is 1.95 bits per heavy atom. The first-order valence-corrected chi connectivity index (χ1v) is 6.09. The second-order valence-electron chi connectivity index (χ2n) is 4.85. The van der Waals surface area contributed by atoms with Crippen molar-refractivity contribution in [2.45, 2.75) is 31.4 Å². The Bertz CT molecular complexity index is 494. The van der Waals surface area contributed by atoms with Gasteiger partial charge in [-0.3, -0.25) is 4.79 Å². The molecule has 0 heterocycles. The van der Waals surface area contributed by atoms with Gasteiger partial charge in [0.05, 0.1) is 20.6 Å². The summed E-state index contributed by atoms with van der Waals surface area (Å²) in [5.41, 5.74) is 0.786. The summed E-state index contributed by atoms with van der Waals surface area (Å²) >= 11 is 0. The predicted octanol–water partition coefficient (Wildman–Crippen LogP) is 2.68. The van der Waals surface area contributed by atoms with Crippen LogP contribution in [0, 0.1) is 0 Å². The Hall–Kier alpha value is -1.78. The maximum atomic E-state index is 13.0. The fraction of sp³-hybridized carbons (Fsp3) is 0.500. The molecule has 1 fully saturated rings. The lowest BCUT2D eigenvalue weighted by atomic mass is 9.90. The molecule has 4 nitrogen and oxygen atoms in total. The highest BCUT2D eigenvalue weighted by atomic mass is 19.1. The third kappa shape index (κ3) is 2.50. The minimum atomic E-state index is -0.850. The normalized spacial score (nSPS) is 15.9. The molecule has 0 radical (unpaired) electrons. The van der Waals surface area contributed by atoms with Gasteiger partial charge in [0.25, 0.3) is 0 Å². The molecular weight excluding hydrogens is 251 g/mol. The first-order chi connectivity index (χ1) is 9.06. The fourth-order valence-electron chi connectivity index (χ4n) is 2.47. The fourth-order valence-corrected chi connectivity index (χ4v) is 2.47. The molecule has 2 rings (SSSR count). The summed E-state index contributed by atoms with van der Waals surface area (Å²) in [4.78, 5) is 11.0. The molecule has 0 atom stereocenters. The summed E-state index contributed by atoms with van der Waals surface area (Å²) in [7, 11) is 2.99. The molecule has 1 aromatic carbocycles. The van der Waals surface area contributed by atoms with Gasteiger partial charge in [-0.2, -0.15) is 0 Å². The minimum Gasteiger partial charge on any atom is -0.496 e. The molecule has 1 aromatic rings. The zero-order valence-electron chi connectivity index (χ0n) is 11.0.